The summed E-state index contributed by atoms with van der Waals surface area (Å²) in [6, 6.07) is 5.25. The van der Waals surface area contributed by atoms with Crippen molar-refractivity contribution in [3.63, 3.8) is 0 Å². The van der Waals surface area contributed by atoms with E-state index in [-0.39, 0.29) is 18.4 Å². The molecule has 0 aliphatic heterocycles. The monoisotopic (exact) mass is 343 g/mol. The van der Waals surface area contributed by atoms with Crippen LogP contribution in [0.3, 0.4) is 0 Å². The van der Waals surface area contributed by atoms with Crippen LogP contribution in [0.4, 0.5) is 13.2 Å². The summed E-state index contributed by atoms with van der Waals surface area (Å²) in [7, 11) is 0. The molecule has 4 nitrogen and oxygen atoms in total. The molecule has 0 heterocycles. The molecule has 0 saturated heterocycles. The van der Waals surface area contributed by atoms with Crippen molar-refractivity contribution in [2.24, 2.45) is 5.92 Å². The highest BCUT2D eigenvalue weighted by atomic mass is 19.4. The molecule has 1 aliphatic rings. The van der Waals surface area contributed by atoms with Crippen molar-refractivity contribution in [1.82, 2.24) is 5.32 Å². The number of carbonyl (C=O) groups excluding carboxylic acids is 1. The lowest BCUT2D eigenvalue weighted by atomic mass is 9.84. The summed E-state index contributed by atoms with van der Waals surface area (Å²) in [5.74, 6) is -2.90. The van der Waals surface area contributed by atoms with Crippen LogP contribution in [-0.2, 0) is 11.2 Å². The zero-order valence-electron chi connectivity index (χ0n) is 13.1. The third-order valence-electron chi connectivity index (χ3n) is 4.37. The Kier molecular flexibility index (Phi) is 5.85. The lowest BCUT2D eigenvalue weighted by Gasteiger charge is -2.33. The van der Waals surface area contributed by atoms with Crippen molar-refractivity contribution in [3.8, 4) is 0 Å². The van der Waals surface area contributed by atoms with Crippen molar-refractivity contribution in [3.05, 3.63) is 35.4 Å². The predicted molar refractivity (Wildman–Crippen MR) is 81.7 cm³/mol. The first kappa shape index (κ1) is 18.3. The van der Waals surface area contributed by atoms with Crippen LogP contribution in [0.2, 0.25) is 0 Å². The van der Waals surface area contributed by atoms with E-state index in [1.807, 2.05) is 0 Å². The van der Waals surface area contributed by atoms with Crippen LogP contribution in [0.15, 0.2) is 24.3 Å². The summed E-state index contributed by atoms with van der Waals surface area (Å²) in [5, 5.41) is 11.3. The Labute approximate surface area is 138 Å². The first-order valence-electron chi connectivity index (χ1n) is 7.95. The number of carboxylic acid groups (broad SMARTS) is 1. The highest BCUT2D eigenvalue weighted by molar-refractivity contribution is 5.87. The van der Waals surface area contributed by atoms with E-state index in [0.29, 0.717) is 25.7 Å². The molecule has 7 heteroatoms. The number of nitrogens with one attached hydrogen (secondary N) is 1. The summed E-state index contributed by atoms with van der Waals surface area (Å²) in [4.78, 5) is 22.7. The number of alkyl halides is 3. The van der Waals surface area contributed by atoms with E-state index < -0.39 is 30.0 Å². The standard InChI is InChI=1S/C17H20F3NO3/c18-17(19,20)13-3-1-2-4-14(13)21-15(22)10-7-11-5-8-12(9-6-11)16(23)24/h5-6,8-9,13-14H,1-4,7,10H2,(H,21,22)(H,23,24)/t13-,14-/m0/s1. The SMILES string of the molecule is O=C(CCc1ccc(C(=O)O)cc1)N[C@H]1CCCC[C@@H]1C(F)(F)F. The number of carboxylic acids is 1. The molecule has 2 N–H and O–H groups in total. The van der Waals surface area contributed by atoms with Gasteiger partial charge in [0.1, 0.15) is 0 Å². The van der Waals surface area contributed by atoms with E-state index in [4.69, 9.17) is 5.11 Å². The zero-order valence-corrected chi connectivity index (χ0v) is 13.1. The Bertz CT molecular complexity index is 584. The van der Waals surface area contributed by atoms with Gasteiger partial charge < -0.3 is 10.4 Å². The average Bonchev–Trinajstić information content (AvgIpc) is 2.53. The Morgan fingerprint density at radius 2 is 1.75 bits per heavy atom. The molecule has 0 spiro atoms. The van der Waals surface area contributed by atoms with E-state index in [0.717, 1.165) is 5.56 Å². The number of hydrogen-bond acceptors (Lipinski definition) is 2. The van der Waals surface area contributed by atoms with Crippen LogP contribution in [0.5, 0.6) is 0 Å². The van der Waals surface area contributed by atoms with Gasteiger partial charge in [0.15, 0.2) is 0 Å². The minimum Gasteiger partial charge on any atom is -0.478 e. The molecule has 24 heavy (non-hydrogen) atoms. The molecule has 2 atom stereocenters. The smallest absolute Gasteiger partial charge is 0.393 e. The van der Waals surface area contributed by atoms with Gasteiger partial charge in [-0.3, -0.25) is 4.79 Å². The zero-order chi connectivity index (χ0) is 17.7. The van der Waals surface area contributed by atoms with Crippen molar-refractivity contribution < 1.29 is 27.9 Å². The number of hydrogen-bond donors (Lipinski definition) is 2. The van der Waals surface area contributed by atoms with Gasteiger partial charge in [-0.1, -0.05) is 25.0 Å². The molecule has 1 amide bonds. The van der Waals surface area contributed by atoms with Crippen molar-refractivity contribution in [1.29, 1.82) is 0 Å². The molecule has 0 aromatic heterocycles. The first-order chi connectivity index (χ1) is 11.3. The summed E-state index contributed by atoms with van der Waals surface area (Å²) in [5.41, 5.74) is 0.921. The van der Waals surface area contributed by atoms with Crippen LogP contribution in [-0.4, -0.2) is 29.2 Å². The maximum Gasteiger partial charge on any atom is 0.393 e. The van der Waals surface area contributed by atoms with Gasteiger partial charge in [-0.05, 0) is 37.0 Å². The van der Waals surface area contributed by atoms with E-state index in [2.05, 4.69) is 5.32 Å². The molecule has 1 aromatic rings. The maximum atomic E-state index is 13.0. The first-order valence-corrected chi connectivity index (χ1v) is 7.95. The van der Waals surface area contributed by atoms with Gasteiger partial charge in [-0.15, -0.1) is 0 Å². The lowest BCUT2D eigenvalue weighted by Crippen LogP contribution is -2.47. The van der Waals surface area contributed by atoms with Gasteiger partial charge >= 0.3 is 12.1 Å². The summed E-state index contributed by atoms with van der Waals surface area (Å²) in [6.45, 7) is 0. The van der Waals surface area contributed by atoms with Gasteiger partial charge in [0, 0.05) is 12.5 Å². The van der Waals surface area contributed by atoms with Crippen LogP contribution < -0.4 is 5.32 Å². The summed E-state index contributed by atoms with van der Waals surface area (Å²) in [6.07, 6.45) is -2.22. The molecular weight excluding hydrogens is 323 g/mol. The fourth-order valence-electron chi connectivity index (χ4n) is 3.05. The van der Waals surface area contributed by atoms with E-state index in [9.17, 15) is 22.8 Å². The number of rotatable bonds is 5. The number of aromatic carboxylic acids is 1. The lowest BCUT2D eigenvalue weighted by molar-refractivity contribution is -0.189. The number of amides is 1. The minimum absolute atomic E-state index is 0.0606. The highest BCUT2D eigenvalue weighted by Crippen LogP contribution is 2.37. The Balaban J connectivity index is 1.87. The van der Waals surface area contributed by atoms with E-state index in [1.165, 1.54) is 12.1 Å². The second kappa shape index (κ2) is 7.68. The summed E-state index contributed by atoms with van der Waals surface area (Å²) >= 11 is 0. The molecular formula is C17H20F3NO3. The fourth-order valence-corrected chi connectivity index (χ4v) is 3.05. The van der Waals surface area contributed by atoms with Gasteiger partial charge in [-0.25, -0.2) is 4.79 Å². The van der Waals surface area contributed by atoms with Gasteiger partial charge in [-0.2, -0.15) is 13.2 Å². The molecule has 0 unspecified atom stereocenters. The Morgan fingerprint density at radius 1 is 1.12 bits per heavy atom. The number of aryl methyl sites for hydroxylation is 1. The number of benzene rings is 1. The summed E-state index contributed by atoms with van der Waals surface area (Å²) < 4.78 is 39.0. The largest absolute Gasteiger partial charge is 0.478 e. The Hall–Kier alpha value is -2.05. The normalized spacial score (nSPS) is 21.3. The van der Waals surface area contributed by atoms with Crippen molar-refractivity contribution in [2.75, 3.05) is 0 Å². The number of carbonyl (C=O) groups is 2. The van der Waals surface area contributed by atoms with Gasteiger partial charge in [0.25, 0.3) is 0 Å². The van der Waals surface area contributed by atoms with Crippen LogP contribution >= 0.6 is 0 Å². The molecule has 0 bridgehead atoms. The topological polar surface area (TPSA) is 66.4 Å². The van der Waals surface area contributed by atoms with Gasteiger partial charge in [0.2, 0.25) is 5.91 Å². The highest BCUT2D eigenvalue weighted by Gasteiger charge is 2.45. The fraction of sp³-hybridized carbons (Fsp3) is 0.529. The number of halogens is 3. The van der Waals surface area contributed by atoms with Crippen LogP contribution in [0, 0.1) is 5.92 Å². The Morgan fingerprint density at radius 3 is 2.33 bits per heavy atom. The minimum atomic E-state index is -4.29. The second-order valence-electron chi connectivity index (χ2n) is 6.11. The molecule has 2 rings (SSSR count). The molecule has 132 valence electrons. The third-order valence-corrected chi connectivity index (χ3v) is 4.37. The van der Waals surface area contributed by atoms with Gasteiger partial charge in [0.05, 0.1) is 11.5 Å². The maximum absolute atomic E-state index is 13.0. The molecule has 0 radical (unpaired) electrons. The quantitative estimate of drug-likeness (QED) is 0.859. The molecule has 1 saturated carbocycles. The average molecular weight is 343 g/mol. The van der Waals surface area contributed by atoms with Crippen molar-refractivity contribution in [2.45, 2.75) is 50.7 Å². The third kappa shape index (κ3) is 4.97. The molecule has 1 aromatic carbocycles. The predicted octanol–water partition coefficient (Wildman–Crippen LogP) is 3.55. The molecule has 1 aliphatic carbocycles. The molecule has 1 fully saturated rings. The van der Waals surface area contributed by atoms with Crippen LogP contribution in [0.25, 0.3) is 0 Å². The van der Waals surface area contributed by atoms with E-state index >= 15 is 0 Å². The van der Waals surface area contributed by atoms with Crippen molar-refractivity contribution >= 4 is 11.9 Å². The van der Waals surface area contributed by atoms with E-state index in [1.54, 1.807) is 12.1 Å². The second-order valence-corrected chi connectivity index (χ2v) is 6.11. The van der Waals surface area contributed by atoms with Crippen LogP contribution in [0.1, 0.15) is 48.0 Å².